The molecule has 2 aromatic heterocycles. The van der Waals surface area contributed by atoms with Crippen LogP contribution in [0.25, 0.3) is 11.2 Å². The maximum Gasteiger partial charge on any atom is 0.223 e. The molecule has 7 heteroatoms. The smallest absolute Gasteiger partial charge is 0.223 e. The fraction of sp³-hybridized carbons (Fsp3) is 0.556. The average Bonchev–Trinajstić information content (AvgIpc) is 3.30. The van der Waals surface area contributed by atoms with Gasteiger partial charge < -0.3 is 10.6 Å². The third kappa shape index (κ3) is 3.42. The minimum absolute atomic E-state index is 0.110. The second kappa shape index (κ2) is 7.31. The first-order chi connectivity index (χ1) is 12.3. The standard InChI is InChI=1S/C18H24N6O/c25-18(13-4-2-1-3-5-13)22-10-11-24-17-16(20-8-9-21-17)15(23-24)14-6-7-19-12-14/h1-2,8-9,13-14,19H,3-7,10-12H2,(H,22,25)/t13-,14+/m0/s1. The second-order valence-electron chi connectivity index (χ2n) is 6.80. The van der Waals surface area contributed by atoms with Crippen LogP contribution in [0.5, 0.6) is 0 Å². The van der Waals surface area contributed by atoms with Crippen LogP contribution in [0.4, 0.5) is 0 Å². The van der Waals surface area contributed by atoms with Gasteiger partial charge in [-0.3, -0.25) is 4.79 Å². The summed E-state index contributed by atoms with van der Waals surface area (Å²) < 4.78 is 1.89. The summed E-state index contributed by atoms with van der Waals surface area (Å²) in [5, 5.41) is 11.2. The summed E-state index contributed by atoms with van der Waals surface area (Å²) in [7, 11) is 0. The quantitative estimate of drug-likeness (QED) is 0.803. The van der Waals surface area contributed by atoms with Crippen molar-refractivity contribution in [2.45, 2.75) is 38.1 Å². The number of carbonyl (C=O) groups excluding carboxylic acids is 1. The van der Waals surface area contributed by atoms with Crippen LogP contribution in [-0.4, -0.2) is 45.3 Å². The minimum atomic E-state index is 0.110. The first-order valence-corrected chi connectivity index (χ1v) is 9.14. The number of carbonyl (C=O) groups is 1. The number of rotatable bonds is 5. The number of fused-ring (bicyclic) bond motifs is 1. The molecule has 0 bridgehead atoms. The van der Waals surface area contributed by atoms with Crippen molar-refractivity contribution in [2.24, 2.45) is 5.92 Å². The average molecular weight is 340 g/mol. The van der Waals surface area contributed by atoms with E-state index in [1.54, 1.807) is 12.4 Å². The van der Waals surface area contributed by atoms with Crippen molar-refractivity contribution in [1.82, 2.24) is 30.4 Å². The zero-order valence-electron chi connectivity index (χ0n) is 14.3. The van der Waals surface area contributed by atoms with Crippen LogP contribution in [-0.2, 0) is 11.3 Å². The highest BCUT2D eigenvalue weighted by atomic mass is 16.1. The molecule has 2 N–H and O–H groups in total. The predicted molar refractivity (Wildman–Crippen MR) is 95.0 cm³/mol. The fourth-order valence-corrected chi connectivity index (χ4v) is 3.71. The molecule has 0 aromatic carbocycles. The molecular formula is C18H24N6O. The maximum absolute atomic E-state index is 12.3. The molecule has 1 fully saturated rings. The van der Waals surface area contributed by atoms with Gasteiger partial charge in [-0.1, -0.05) is 12.2 Å². The Morgan fingerprint density at radius 3 is 3.00 bits per heavy atom. The van der Waals surface area contributed by atoms with Crippen LogP contribution >= 0.6 is 0 Å². The Balaban J connectivity index is 1.44. The topological polar surface area (TPSA) is 84.7 Å². The van der Waals surface area contributed by atoms with Crippen molar-refractivity contribution < 1.29 is 4.79 Å². The summed E-state index contributed by atoms with van der Waals surface area (Å²) in [6.45, 7) is 3.14. The summed E-state index contributed by atoms with van der Waals surface area (Å²) in [5.41, 5.74) is 2.72. The van der Waals surface area contributed by atoms with Crippen LogP contribution in [0.2, 0.25) is 0 Å². The van der Waals surface area contributed by atoms with Gasteiger partial charge in [0.25, 0.3) is 0 Å². The van der Waals surface area contributed by atoms with E-state index in [9.17, 15) is 4.79 Å². The number of aromatic nitrogens is 4. The van der Waals surface area contributed by atoms with E-state index in [0.29, 0.717) is 19.0 Å². The number of allylic oxidation sites excluding steroid dienone is 2. The maximum atomic E-state index is 12.3. The van der Waals surface area contributed by atoms with Crippen LogP contribution in [0, 0.1) is 5.92 Å². The lowest BCUT2D eigenvalue weighted by atomic mass is 9.94. The molecule has 2 atom stereocenters. The molecule has 25 heavy (non-hydrogen) atoms. The van der Waals surface area contributed by atoms with E-state index in [0.717, 1.165) is 55.6 Å². The van der Waals surface area contributed by atoms with E-state index in [1.165, 1.54) is 0 Å². The lowest BCUT2D eigenvalue weighted by Crippen LogP contribution is -2.33. The van der Waals surface area contributed by atoms with Gasteiger partial charge in [-0.15, -0.1) is 0 Å². The van der Waals surface area contributed by atoms with Crippen molar-refractivity contribution in [3.63, 3.8) is 0 Å². The van der Waals surface area contributed by atoms with Gasteiger partial charge in [-0.2, -0.15) is 5.10 Å². The van der Waals surface area contributed by atoms with Crippen molar-refractivity contribution in [3.8, 4) is 0 Å². The first kappa shape index (κ1) is 16.2. The van der Waals surface area contributed by atoms with Crippen molar-refractivity contribution >= 4 is 17.1 Å². The summed E-state index contributed by atoms with van der Waals surface area (Å²) in [6, 6.07) is 0. The van der Waals surface area contributed by atoms with E-state index in [-0.39, 0.29) is 11.8 Å². The largest absolute Gasteiger partial charge is 0.354 e. The van der Waals surface area contributed by atoms with E-state index >= 15 is 0 Å². The van der Waals surface area contributed by atoms with Gasteiger partial charge in [0.15, 0.2) is 5.65 Å². The number of amides is 1. The molecule has 1 aliphatic heterocycles. The molecule has 7 nitrogen and oxygen atoms in total. The third-order valence-corrected chi connectivity index (χ3v) is 5.10. The highest BCUT2D eigenvalue weighted by Crippen LogP contribution is 2.26. The van der Waals surface area contributed by atoms with Crippen molar-refractivity contribution in [3.05, 3.63) is 30.2 Å². The number of nitrogens with zero attached hydrogens (tertiary/aromatic N) is 4. The third-order valence-electron chi connectivity index (χ3n) is 5.10. The van der Waals surface area contributed by atoms with Gasteiger partial charge in [0.2, 0.25) is 5.91 Å². The molecule has 2 aliphatic rings. The Morgan fingerprint density at radius 1 is 1.28 bits per heavy atom. The monoisotopic (exact) mass is 340 g/mol. The van der Waals surface area contributed by atoms with Crippen LogP contribution in [0.3, 0.4) is 0 Å². The molecule has 2 aromatic rings. The lowest BCUT2D eigenvalue weighted by molar-refractivity contribution is -0.125. The molecule has 0 unspecified atom stereocenters. The Labute approximate surface area is 146 Å². The van der Waals surface area contributed by atoms with E-state index in [4.69, 9.17) is 5.10 Å². The molecule has 3 heterocycles. The summed E-state index contributed by atoms with van der Waals surface area (Å²) >= 11 is 0. The minimum Gasteiger partial charge on any atom is -0.354 e. The second-order valence-corrected chi connectivity index (χ2v) is 6.80. The molecule has 132 valence electrons. The number of nitrogens with one attached hydrogen (secondary N) is 2. The summed E-state index contributed by atoms with van der Waals surface area (Å²) in [6.07, 6.45) is 11.5. The molecule has 4 rings (SSSR count). The lowest BCUT2D eigenvalue weighted by Gasteiger charge is -2.17. The van der Waals surface area contributed by atoms with Crippen molar-refractivity contribution in [1.29, 1.82) is 0 Å². The molecule has 0 radical (unpaired) electrons. The highest BCUT2D eigenvalue weighted by molar-refractivity contribution is 5.79. The van der Waals surface area contributed by atoms with Crippen LogP contribution in [0.1, 0.15) is 37.3 Å². The van der Waals surface area contributed by atoms with E-state index in [1.807, 2.05) is 4.68 Å². The summed E-state index contributed by atoms with van der Waals surface area (Å²) in [5.74, 6) is 0.649. The Hall–Kier alpha value is -2.28. The molecular weight excluding hydrogens is 316 g/mol. The number of hydrogen-bond donors (Lipinski definition) is 2. The molecule has 0 spiro atoms. The van der Waals surface area contributed by atoms with Crippen LogP contribution < -0.4 is 10.6 Å². The first-order valence-electron chi connectivity index (χ1n) is 9.14. The van der Waals surface area contributed by atoms with Crippen LogP contribution in [0.15, 0.2) is 24.5 Å². The van der Waals surface area contributed by atoms with Gasteiger partial charge in [0.1, 0.15) is 5.52 Å². The SMILES string of the molecule is O=C(NCCn1nc([C@@H]2CCNC2)c2nccnc21)[C@H]1CC=CCC1. The Kier molecular flexibility index (Phi) is 4.74. The Bertz CT molecular complexity index is 777. The predicted octanol–water partition coefficient (Wildman–Crippen LogP) is 1.38. The van der Waals surface area contributed by atoms with Crippen molar-refractivity contribution in [2.75, 3.05) is 19.6 Å². The van der Waals surface area contributed by atoms with Gasteiger partial charge in [0, 0.05) is 37.3 Å². The van der Waals surface area contributed by atoms with Gasteiger partial charge >= 0.3 is 0 Å². The van der Waals surface area contributed by atoms with E-state index < -0.39 is 0 Å². The summed E-state index contributed by atoms with van der Waals surface area (Å²) in [4.78, 5) is 21.2. The fourth-order valence-electron chi connectivity index (χ4n) is 3.71. The van der Waals surface area contributed by atoms with E-state index in [2.05, 4.69) is 32.8 Å². The molecule has 1 amide bonds. The Morgan fingerprint density at radius 2 is 2.20 bits per heavy atom. The van der Waals surface area contributed by atoms with Gasteiger partial charge in [0.05, 0.1) is 12.2 Å². The highest BCUT2D eigenvalue weighted by Gasteiger charge is 2.24. The molecule has 1 saturated heterocycles. The number of hydrogen-bond acceptors (Lipinski definition) is 5. The normalized spacial score (nSPS) is 23.2. The molecule has 0 saturated carbocycles. The zero-order valence-corrected chi connectivity index (χ0v) is 14.3. The van der Waals surface area contributed by atoms with Gasteiger partial charge in [-0.05, 0) is 32.2 Å². The molecule has 1 aliphatic carbocycles. The zero-order chi connectivity index (χ0) is 17.1. The van der Waals surface area contributed by atoms with Gasteiger partial charge in [-0.25, -0.2) is 14.6 Å².